The van der Waals surface area contributed by atoms with Crippen LogP contribution < -0.4 is 32.3 Å². The molecular formula is C41H48N8O8. The van der Waals surface area contributed by atoms with Crippen LogP contribution in [0.4, 0.5) is 11.7 Å². The number of carboxylic acids is 1. The Morgan fingerprint density at radius 2 is 1.60 bits per heavy atom. The first-order chi connectivity index (χ1) is 27.5. The second-order valence-corrected chi connectivity index (χ2v) is 14.0. The first-order valence-electron chi connectivity index (χ1n) is 19.0. The highest BCUT2D eigenvalue weighted by Crippen LogP contribution is 2.28. The number of nitrogens with two attached hydrogens (primary N) is 1. The van der Waals surface area contributed by atoms with Crippen LogP contribution in [0.5, 0.6) is 0 Å². The minimum absolute atomic E-state index is 0.0352. The molecule has 2 atom stereocenters. The molecule has 1 aliphatic rings. The summed E-state index contributed by atoms with van der Waals surface area (Å²) in [5.41, 5.74) is 7.38. The van der Waals surface area contributed by atoms with Crippen LogP contribution >= 0.6 is 0 Å². The fraction of sp³-hybridized carbons (Fsp3) is 0.366. The summed E-state index contributed by atoms with van der Waals surface area (Å²) in [4.78, 5) is 85.8. The van der Waals surface area contributed by atoms with E-state index in [0.717, 1.165) is 12.0 Å². The van der Waals surface area contributed by atoms with Crippen molar-refractivity contribution in [2.24, 2.45) is 5.73 Å². The van der Waals surface area contributed by atoms with Crippen molar-refractivity contribution in [2.45, 2.75) is 88.3 Å². The molecule has 1 saturated carbocycles. The largest absolute Gasteiger partial charge is 0.481 e. The number of carbonyl (C=O) groups is 6. The minimum atomic E-state index is -1.28. The standard InChI is InChI=1S/C41H48N8O8/c42-39(56)41(22-5-1-6-23-41)49-38(55)32(13-8-15-35(51)52)47-37(54)31(12-4-7-25-44-34(50)21-16-27-10-9-24-43-26-27)46-36(53)28-17-19-29(20-18-28)45-40-48-30-11-2-3-14-33(30)57-40/h2-3,9-11,14,16-21,24,26,31-32H,1,4-8,12-13,15,22-23,25H2,(H2,42,56)(H,44,50)(H,45,48)(H,46,53)(H,47,54)(H,49,55)(H,51,52)/b21-16+/t31-,32-/m0/s1. The van der Waals surface area contributed by atoms with Crippen LogP contribution in [0, 0.1) is 0 Å². The molecule has 0 saturated heterocycles. The Hall–Kier alpha value is -6.58. The number of fused-ring (bicyclic) bond motifs is 1. The first-order valence-corrected chi connectivity index (χ1v) is 19.0. The van der Waals surface area contributed by atoms with Crippen LogP contribution in [0.1, 0.15) is 86.6 Å². The van der Waals surface area contributed by atoms with Gasteiger partial charge in [-0.1, -0.05) is 37.5 Å². The SMILES string of the molecule is NC(=O)C1(NC(=O)[C@H](CCCC(=O)O)NC(=O)[C@H](CCCCNC(=O)/C=C/c2cccnc2)NC(=O)c2ccc(Nc3nc4ccccc4o3)cc2)CCCCC1. The molecule has 5 rings (SSSR count). The average molecular weight is 781 g/mol. The number of para-hydroxylation sites is 2. The molecule has 16 nitrogen and oxygen atoms in total. The van der Waals surface area contributed by atoms with E-state index in [0.29, 0.717) is 61.9 Å². The number of hydrogen-bond donors (Lipinski definition) is 7. The smallest absolute Gasteiger partial charge is 0.303 e. The number of amides is 5. The number of unbranched alkanes of at least 4 members (excludes halogenated alkanes) is 1. The van der Waals surface area contributed by atoms with E-state index in [1.807, 2.05) is 24.3 Å². The Bertz CT molecular complexity index is 2010. The van der Waals surface area contributed by atoms with Crippen molar-refractivity contribution in [2.75, 3.05) is 11.9 Å². The highest BCUT2D eigenvalue weighted by Gasteiger charge is 2.41. The molecule has 300 valence electrons. The van der Waals surface area contributed by atoms with Gasteiger partial charge in [-0.2, -0.15) is 4.98 Å². The third kappa shape index (κ3) is 12.5. The molecule has 0 aliphatic heterocycles. The molecule has 2 aromatic heterocycles. The molecule has 16 heteroatoms. The zero-order valence-electron chi connectivity index (χ0n) is 31.5. The summed E-state index contributed by atoms with van der Waals surface area (Å²) in [6.45, 7) is 0.294. The topological polar surface area (TPSA) is 248 Å². The lowest BCUT2D eigenvalue weighted by Gasteiger charge is -2.36. The first kappa shape index (κ1) is 41.6. The summed E-state index contributed by atoms with van der Waals surface area (Å²) in [5.74, 6) is -3.94. The molecule has 0 spiro atoms. The molecule has 1 aliphatic carbocycles. The zero-order chi connectivity index (χ0) is 40.6. The Morgan fingerprint density at radius 1 is 0.860 bits per heavy atom. The van der Waals surface area contributed by atoms with Crippen molar-refractivity contribution in [1.29, 1.82) is 0 Å². The fourth-order valence-electron chi connectivity index (χ4n) is 6.56. The van der Waals surface area contributed by atoms with Crippen LogP contribution in [-0.2, 0) is 24.0 Å². The summed E-state index contributed by atoms with van der Waals surface area (Å²) in [7, 11) is 0. The van der Waals surface area contributed by atoms with Gasteiger partial charge in [-0.3, -0.25) is 33.8 Å². The van der Waals surface area contributed by atoms with Gasteiger partial charge in [-0.15, -0.1) is 0 Å². The van der Waals surface area contributed by atoms with Gasteiger partial charge in [-0.05, 0) is 99.0 Å². The molecule has 5 amide bonds. The van der Waals surface area contributed by atoms with E-state index in [4.69, 9.17) is 10.2 Å². The normalized spacial score (nSPS) is 14.6. The van der Waals surface area contributed by atoms with Crippen LogP contribution in [0.25, 0.3) is 17.2 Å². The van der Waals surface area contributed by atoms with Gasteiger partial charge in [0.1, 0.15) is 23.1 Å². The number of anilines is 2. The van der Waals surface area contributed by atoms with Gasteiger partial charge >= 0.3 is 5.97 Å². The number of oxazole rings is 1. The average Bonchev–Trinajstić information content (AvgIpc) is 3.62. The predicted molar refractivity (Wildman–Crippen MR) is 212 cm³/mol. The number of pyridine rings is 1. The van der Waals surface area contributed by atoms with Gasteiger partial charge in [0.05, 0.1) is 0 Å². The van der Waals surface area contributed by atoms with Gasteiger partial charge < -0.3 is 41.8 Å². The molecule has 0 bridgehead atoms. The number of carbonyl (C=O) groups excluding carboxylic acids is 5. The summed E-state index contributed by atoms with van der Waals surface area (Å²) < 4.78 is 5.72. The van der Waals surface area contributed by atoms with E-state index in [9.17, 15) is 33.9 Å². The van der Waals surface area contributed by atoms with Crippen molar-refractivity contribution in [3.05, 3.63) is 90.3 Å². The number of hydrogen-bond acceptors (Lipinski definition) is 10. The summed E-state index contributed by atoms with van der Waals surface area (Å²) >= 11 is 0. The molecule has 1 fully saturated rings. The quantitative estimate of drug-likeness (QED) is 0.0497. The van der Waals surface area contributed by atoms with Crippen LogP contribution in [0.3, 0.4) is 0 Å². The Labute approximate surface area is 329 Å². The van der Waals surface area contributed by atoms with Crippen LogP contribution in [0.2, 0.25) is 0 Å². The number of nitrogens with zero attached hydrogens (tertiary/aromatic N) is 2. The molecule has 0 unspecified atom stereocenters. The van der Waals surface area contributed by atoms with Crippen LogP contribution in [0.15, 0.2) is 83.6 Å². The maximum absolute atomic E-state index is 13.9. The lowest BCUT2D eigenvalue weighted by atomic mass is 9.80. The molecule has 2 heterocycles. The van der Waals surface area contributed by atoms with Crippen molar-refractivity contribution in [3.63, 3.8) is 0 Å². The second-order valence-electron chi connectivity index (χ2n) is 14.0. The fourth-order valence-corrected chi connectivity index (χ4v) is 6.56. The molecular weight excluding hydrogens is 732 g/mol. The highest BCUT2D eigenvalue weighted by molar-refractivity contribution is 5.99. The summed E-state index contributed by atoms with van der Waals surface area (Å²) in [6, 6.07) is 15.3. The lowest BCUT2D eigenvalue weighted by molar-refractivity contribution is -0.137. The van der Waals surface area contributed by atoms with Crippen molar-refractivity contribution in [3.8, 4) is 0 Å². The number of nitrogens with one attached hydrogen (secondary N) is 5. The van der Waals surface area contributed by atoms with Crippen molar-refractivity contribution >= 4 is 64.4 Å². The molecule has 57 heavy (non-hydrogen) atoms. The molecule has 2 aromatic carbocycles. The minimum Gasteiger partial charge on any atom is -0.481 e. The van der Waals surface area contributed by atoms with E-state index in [1.54, 1.807) is 54.9 Å². The van der Waals surface area contributed by atoms with E-state index >= 15 is 0 Å². The second kappa shape index (κ2) is 20.4. The van der Waals surface area contributed by atoms with Gasteiger partial charge in [-0.25, -0.2) is 0 Å². The number of rotatable bonds is 20. The maximum atomic E-state index is 13.9. The van der Waals surface area contributed by atoms with Gasteiger partial charge in [0.2, 0.25) is 23.6 Å². The monoisotopic (exact) mass is 780 g/mol. The van der Waals surface area contributed by atoms with Gasteiger partial charge in [0.15, 0.2) is 5.58 Å². The highest BCUT2D eigenvalue weighted by atomic mass is 16.4. The number of carboxylic acid groups (broad SMARTS) is 1. The van der Waals surface area contributed by atoms with E-state index in [2.05, 4.69) is 36.6 Å². The number of aromatic nitrogens is 2. The third-order valence-corrected chi connectivity index (χ3v) is 9.70. The molecule has 4 aromatic rings. The number of benzene rings is 2. The number of primary amides is 1. The lowest BCUT2D eigenvalue weighted by Crippen LogP contribution is -2.62. The summed E-state index contributed by atoms with van der Waals surface area (Å²) in [5, 5.41) is 23.4. The number of aliphatic carboxylic acids is 1. The van der Waals surface area contributed by atoms with E-state index in [-0.39, 0.29) is 43.2 Å². The molecule has 0 radical (unpaired) electrons. The zero-order valence-corrected chi connectivity index (χ0v) is 31.5. The maximum Gasteiger partial charge on any atom is 0.303 e. The van der Waals surface area contributed by atoms with Gasteiger partial charge in [0.25, 0.3) is 11.9 Å². The van der Waals surface area contributed by atoms with E-state index in [1.165, 1.54) is 6.08 Å². The van der Waals surface area contributed by atoms with Crippen molar-refractivity contribution in [1.82, 2.24) is 31.2 Å². The molecule has 8 N–H and O–H groups in total. The Balaban J connectivity index is 1.25. The van der Waals surface area contributed by atoms with E-state index < -0.39 is 47.2 Å². The Morgan fingerprint density at radius 3 is 2.30 bits per heavy atom. The van der Waals surface area contributed by atoms with Gasteiger partial charge in [0, 0.05) is 42.7 Å². The van der Waals surface area contributed by atoms with Crippen LogP contribution in [-0.4, -0.2) is 74.7 Å². The van der Waals surface area contributed by atoms with Crippen molar-refractivity contribution < 1.29 is 38.3 Å². The Kier molecular flexibility index (Phi) is 14.9. The third-order valence-electron chi connectivity index (χ3n) is 9.70. The predicted octanol–water partition coefficient (Wildman–Crippen LogP) is 4.11. The summed E-state index contributed by atoms with van der Waals surface area (Å²) in [6.07, 6.45) is 10.0.